The molecule has 0 bridgehead atoms. The Morgan fingerprint density at radius 3 is 2.73 bits per heavy atom. The molecule has 116 valence electrons. The highest BCUT2D eigenvalue weighted by atomic mass is 16.5. The van der Waals surface area contributed by atoms with Crippen LogP contribution in [0.15, 0.2) is 36.8 Å². The lowest BCUT2D eigenvalue weighted by atomic mass is 10.00. The lowest BCUT2D eigenvalue weighted by Crippen LogP contribution is -2.21. The van der Waals surface area contributed by atoms with E-state index in [9.17, 15) is 5.11 Å². The van der Waals surface area contributed by atoms with Crippen molar-refractivity contribution in [2.75, 3.05) is 20.2 Å². The zero-order valence-corrected chi connectivity index (χ0v) is 12.6. The van der Waals surface area contributed by atoms with Gasteiger partial charge in [-0.1, -0.05) is 6.07 Å². The third-order valence-corrected chi connectivity index (χ3v) is 3.95. The van der Waals surface area contributed by atoms with Gasteiger partial charge >= 0.3 is 6.01 Å². The minimum Gasteiger partial charge on any atom is -0.467 e. The Bertz CT molecular complexity index is 591. The van der Waals surface area contributed by atoms with E-state index in [1.807, 2.05) is 18.2 Å². The summed E-state index contributed by atoms with van der Waals surface area (Å²) < 4.78 is 4.96. The first-order valence-electron chi connectivity index (χ1n) is 7.40. The van der Waals surface area contributed by atoms with Gasteiger partial charge in [0.15, 0.2) is 0 Å². The summed E-state index contributed by atoms with van der Waals surface area (Å²) in [5.74, 6) is 0.217. The molecule has 0 saturated carbocycles. The fraction of sp³-hybridized carbons (Fsp3) is 0.438. The van der Waals surface area contributed by atoms with Crippen molar-refractivity contribution >= 4 is 0 Å². The van der Waals surface area contributed by atoms with Crippen LogP contribution in [0.5, 0.6) is 6.01 Å². The van der Waals surface area contributed by atoms with E-state index in [0.717, 1.165) is 30.8 Å². The maximum atomic E-state index is 10.3. The number of hydrogen-bond donors (Lipinski definition) is 1. The maximum Gasteiger partial charge on any atom is 0.316 e. The number of hydrogen-bond acceptors (Lipinski definition) is 6. The molecule has 3 heterocycles. The molecule has 1 aliphatic heterocycles. The van der Waals surface area contributed by atoms with Crippen molar-refractivity contribution in [3.05, 3.63) is 48.0 Å². The van der Waals surface area contributed by atoms with Gasteiger partial charge in [-0.05, 0) is 18.6 Å². The zero-order chi connectivity index (χ0) is 15.4. The van der Waals surface area contributed by atoms with Crippen molar-refractivity contribution in [3.8, 4) is 6.01 Å². The predicted octanol–water partition coefficient (Wildman–Crippen LogP) is 0.916. The zero-order valence-electron chi connectivity index (χ0n) is 12.6. The van der Waals surface area contributed by atoms with Crippen LogP contribution in [-0.4, -0.2) is 51.3 Å². The van der Waals surface area contributed by atoms with E-state index in [2.05, 4.69) is 19.9 Å². The van der Waals surface area contributed by atoms with Crippen molar-refractivity contribution in [1.29, 1.82) is 0 Å². The van der Waals surface area contributed by atoms with Crippen LogP contribution in [0.1, 0.15) is 11.3 Å². The Morgan fingerprint density at radius 1 is 1.23 bits per heavy atom. The van der Waals surface area contributed by atoms with E-state index in [-0.39, 0.29) is 12.0 Å². The fourth-order valence-electron chi connectivity index (χ4n) is 2.85. The van der Waals surface area contributed by atoms with Gasteiger partial charge in [0.2, 0.25) is 0 Å². The number of ether oxygens (including phenoxy) is 1. The summed E-state index contributed by atoms with van der Waals surface area (Å²) in [6.07, 6.45) is 5.82. The van der Waals surface area contributed by atoms with Gasteiger partial charge in [0, 0.05) is 55.4 Å². The summed E-state index contributed by atoms with van der Waals surface area (Å²) in [6.45, 7) is 2.26. The molecular weight excluding hydrogens is 280 g/mol. The number of rotatable bonds is 5. The molecule has 2 aromatic rings. The van der Waals surface area contributed by atoms with Crippen LogP contribution >= 0.6 is 0 Å². The second-order valence-corrected chi connectivity index (χ2v) is 5.62. The van der Waals surface area contributed by atoms with Gasteiger partial charge in [-0.2, -0.15) is 0 Å². The van der Waals surface area contributed by atoms with Crippen LogP contribution in [0.25, 0.3) is 0 Å². The number of nitrogens with zero attached hydrogens (tertiary/aromatic N) is 4. The summed E-state index contributed by atoms with van der Waals surface area (Å²) >= 11 is 0. The van der Waals surface area contributed by atoms with Crippen LogP contribution in [0.2, 0.25) is 0 Å². The number of pyridine rings is 1. The lowest BCUT2D eigenvalue weighted by Gasteiger charge is -2.15. The molecule has 1 N–H and O–H groups in total. The van der Waals surface area contributed by atoms with E-state index in [4.69, 9.17) is 4.74 Å². The molecule has 0 unspecified atom stereocenters. The largest absolute Gasteiger partial charge is 0.467 e. The molecule has 1 saturated heterocycles. The molecule has 3 rings (SSSR count). The van der Waals surface area contributed by atoms with Crippen LogP contribution in [0.4, 0.5) is 0 Å². The molecule has 6 heteroatoms. The highest BCUT2D eigenvalue weighted by Crippen LogP contribution is 2.22. The monoisotopic (exact) mass is 300 g/mol. The molecule has 6 nitrogen and oxygen atoms in total. The van der Waals surface area contributed by atoms with Crippen molar-refractivity contribution in [2.45, 2.75) is 19.1 Å². The third kappa shape index (κ3) is 3.58. The molecule has 1 fully saturated rings. The van der Waals surface area contributed by atoms with Gasteiger partial charge in [-0.3, -0.25) is 9.88 Å². The van der Waals surface area contributed by atoms with Gasteiger partial charge in [0.05, 0.1) is 13.2 Å². The van der Waals surface area contributed by atoms with Gasteiger partial charge in [0.25, 0.3) is 0 Å². The van der Waals surface area contributed by atoms with Crippen LogP contribution in [0, 0.1) is 5.92 Å². The van der Waals surface area contributed by atoms with E-state index >= 15 is 0 Å². The molecule has 1 aliphatic rings. The summed E-state index contributed by atoms with van der Waals surface area (Å²) in [4.78, 5) is 14.8. The van der Waals surface area contributed by atoms with Gasteiger partial charge in [-0.25, -0.2) is 9.97 Å². The minimum absolute atomic E-state index is 0.217. The van der Waals surface area contributed by atoms with Crippen LogP contribution in [-0.2, 0) is 13.0 Å². The number of methoxy groups -OCH3 is 1. The van der Waals surface area contributed by atoms with E-state index in [1.165, 1.54) is 0 Å². The van der Waals surface area contributed by atoms with E-state index < -0.39 is 0 Å². The second kappa shape index (κ2) is 6.81. The summed E-state index contributed by atoms with van der Waals surface area (Å²) in [7, 11) is 1.55. The van der Waals surface area contributed by atoms with Crippen molar-refractivity contribution in [1.82, 2.24) is 19.9 Å². The first-order chi connectivity index (χ1) is 10.7. The smallest absolute Gasteiger partial charge is 0.316 e. The summed E-state index contributed by atoms with van der Waals surface area (Å²) in [5, 5.41) is 10.3. The van der Waals surface area contributed by atoms with Gasteiger partial charge in [0.1, 0.15) is 0 Å². The Hall–Kier alpha value is -2.05. The third-order valence-electron chi connectivity index (χ3n) is 3.95. The predicted molar refractivity (Wildman–Crippen MR) is 81.3 cm³/mol. The molecule has 0 aromatic carbocycles. The standard InChI is InChI=1S/C16H20N4O2/c1-22-16-18-7-12(8-19-16)9-20-10-13(15(21)11-20)6-14-4-2-3-5-17-14/h2-5,7-8,13,15,21H,6,9-11H2,1H3/t13-,15-/m1/s1. The maximum absolute atomic E-state index is 10.3. The summed E-state index contributed by atoms with van der Waals surface area (Å²) in [5.41, 5.74) is 2.05. The van der Waals surface area contributed by atoms with Crippen molar-refractivity contribution in [2.24, 2.45) is 5.92 Å². The highest BCUT2D eigenvalue weighted by molar-refractivity contribution is 5.09. The average Bonchev–Trinajstić information content (AvgIpc) is 2.88. The first kappa shape index (κ1) is 14.9. The molecule has 0 spiro atoms. The van der Waals surface area contributed by atoms with E-state index in [0.29, 0.717) is 12.6 Å². The molecule has 2 aromatic heterocycles. The van der Waals surface area contributed by atoms with Gasteiger partial charge in [-0.15, -0.1) is 0 Å². The Kier molecular flexibility index (Phi) is 4.60. The molecule has 2 atom stereocenters. The number of aliphatic hydroxyl groups excluding tert-OH is 1. The quantitative estimate of drug-likeness (QED) is 0.885. The first-order valence-corrected chi connectivity index (χ1v) is 7.40. The van der Waals surface area contributed by atoms with Crippen LogP contribution in [0.3, 0.4) is 0 Å². The molecular formula is C16H20N4O2. The average molecular weight is 300 g/mol. The number of aliphatic hydroxyl groups is 1. The lowest BCUT2D eigenvalue weighted by molar-refractivity contribution is 0.140. The van der Waals surface area contributed by atoms with Gasteiger partial charge < -0.3 is 9.84 Å². The minimum atomic E-state index is -0.318. The SMILES string of the molecule is COc1ncc(CN2C[C@@H](Cc3ccccn3)[C@H](O)C2)cn1. The Morgan fingerprint density at radius 2 is 2.05 bits per heavy atom. The highest BCUT2D eigenvalue weighted by Gasteiger charge is 2.31. The Labute approximate surface area is 129 Å². The Balaban J connectivity index is 1.58. The molecule has 22 heavy (non-hydrogen) atoms. The molecule has 0 radical (unpaired) electrons. The molecule has 0 aliphatic carbocycles. The second-order valence-electron chi connectivity index (χ2n) is 5.62. The van der Waals surface area contributed by atoms with Crippen molar-refractivity contribution < 1.29 is 9.84 Å². The van der Waals surface area contributed by atoms with Crippen molar-refractivity contribution in [3.63, 3.8) is 0 Å². The van der Waals surface area contributed by atoms with Crippen LogP contribution < -0.4 is 4.74 Å². The van der Waals surface area contributed by atoms with E-state index in [1.54, 1.807) is 25.7 Å². The number of likely N-dealkylation sites (tertiary alicyclic amines) is 1. The fourth-order valence-corrected chi connectivity index (χ4v) is 2.85. The summed E-state index contributed by atoms with van der Waals surface area (Å²) in [6, 6.07) is 6.27. The normalized spacial score (nSPS) is 21.9. The number of aromatic nitrogens is 3. The molecule has 0 amide bonds. The number of β-amino-alcohol motifs (C(OH)–C–C–N with tert-alkyl or cyclic N) is 1. The topological polar surface area (TPSA) is 71.4 Å².